The number of likely N-dealkylation sites (N-methyl/N-ethyl adjacent to an activating group) is 1. The molecule has 1 aromatic heterocycles. The van der Waals surface area contributed by atoms with Gasteiger partial charge in [0.15, 0.2) is 0 Å². The molecule has 0 saturated carbocycles. The molecule has 0 saturated heterocycles. The van der Waals surface area contributed by atoms with Gasteiger partial charge in [0, 0.05) is 24.4 Å². The molecule has 0 aliphatic rings. The van der Waals surface area contributed by atoms with E-state index in [0.717, 1.165) is 16.3 Å². The summed E-state index contributed by atoms with van der Waals surface area (Å²) >= 11 is 1.31. The van der Waals surface area contributed by atoms with Gasteiger partial charge in [-0.15, -0.1) is 11.3 Å². The van der Waals surface area contributed by atoms with Crippen molar-refractivity contribution in [1.29, 1.82) is 0 Å². The standard InChI is InChI=1S/C22H23N3O4S/c1-14-20(30-21(23-14)15-8-10-17(28-3)11-9-15)22(27)25(2)13-19(26)24-16-6-5-7-18(12-16)29-4/h5-12H,13H2,1-4H3,(H,24,26). The van der Waals surface area contributed by atoms with Crippen LogP contribution in [0, 0.1) is 6.92 Å². The van der Waals surface area contributed by atoms with Crippen molar-refractivity contribution in [1.82, 2.24) is 9.88 Å². The molecule has 0 atom stereocenters. The molecule has 3 rings (SSSR count). The van der Waals surface area contributed by atoms with Crippen LogP contribution in [0.1, 0.15) is 15.4 Å². The van der Waals surface area contributed by atoms with Crippen LogP contribution < -0.4 is 14.8 Å². The van der Waals surface area contributed by atoms with Crippen molar-refractivity contribution >= 4 is 28.8 Å². The van der Waals surface area contributed by atoms with Crippen molar-refractivity contribution in [3.05, 3.63) is 59.1 Å². The Morgan fingerprint density at radius 3 is 2.43 bits per heavy atom. The number of ether oxygens (including phenoxy) is 2. The Hall–Kier alpha value is -3.39. The van der Waals surface area contributed by atoms with Gasteiger partial charge in [-0.1, -0.05) is 6.07 Å². The third kappa shape index (κ3) is 4.96. The molecule has 0 radical (unpaired) electrons. The number of aryl methyl sites for hydroxylation is 1. The van der Waals surface area contributed by atoms with Crippen molar-refractivity contribution in [2.45, 2.75) is 6.92 Å². The highest BCUT2D eigenvalue weighted by Crippen LogP contribution is 2.30. The van der Waals surface area contributed by atoms with E-state index in [4.69, 9.17) is 9.47 Å². The van der Waals surface area contributed by atoms with E-state index >= 15 is 0 Å². The van der Waals surface area contributed by atoms with E-state index < -0.39 is 0 Å². The maximum Gasteiger partial charge on any atom is 0.266 e. The average molecular weight is 426 g/mol. The molecule has 0 aliphatic heterocycles. The second-order valence-corrected chi connectivity index (χ2v) is 7.60. The molecule has 2 amide bonds. The Morgan fingerprint density at radius 2 is 1.77 bits per heavy atom. The van der Waals surface area contributed by atoms with E-state index in [2.05, 4.69) is 10.3 Å². The fraction of sp³-hybridized carbons (Fsp3) is 0.227. The molecule has 0 aliphatic carbocycles. The van der Waals surface area contributed by atoms with Crippen LogP contribution in [0.5, 0.6) is 11.5 Å². The molecule has 156 valence electrons. The SMILES string of the molecule is COc1ccc(-c2nc(C)c(C(=O)N(C)CC(=O)Nc3cccc(OC)c3)s2)cc1. The molecule has 0 fully saturated rings. The van der Waals surface area contributed by atoms with E-state index in [1.54, 1.807) is 52.5 Å². The Kier molecular flexibility index (Phi) is 6.68. The first-order valence-corrected chi connectivity index (χ1v) is 10.0. The normalized spacial score (nSPS) is 10.4. The number of anilines is 1. The molecule has 2 aromatic carbocycles. The number of rotatable bonds is 7. The van der Waals surface area contributed by atoms with E-state index in [9.17, 15) is 9.59 Å². The van der Waals surface area contributed by atoms with Crippen LogP contribution in [0.25, 0.3) is 10.6 Å². The van der Waals surface area contributed by atoms with Crippen LogP contribution in [0.2, 0.25) is 0 Å². The van der Waals surface area contributed by atoms with Gasteiger partial charge < -0.3 is 19.7 Å². The van der Waals surface area contributed by atoms with Gasteiger partial charge >= 0.3 is 0 Å². The first-order valence-electron chi connectivity index (χ1n) is 9.22. The highest BCUT2D eigenvalue weighted by Gasteiger charge is 2.21. The van der Waals surface area contributed by atoms with Crippen molar-refractivity contribution < 1.29 is 19.1 Å². The van der Waals surface area contributed by atoms with E-state index in [0.29, 0.717) is 22.0 Å². The lowest BCUT2D eigenvalue weighted by Gasteiger charge is -2.16. The predicted octanol–water partition coefficient (Wildman–Crippen LogP) is 3.85. The average Bonchev–Trinajstić information content (AvgIpc) is 3.14. The molecule has 0 spiro atoms. The number of hydrogen-bond donors (Lipinski definition) is 1. The van der Waals surface area contributed by atoms with Gasteiger partial charge in [-0.3, -0.25) is 9.59 Å². The number of hydrogen-bond acceptors (Lipinski definition) is 6. The van der Waals surface area contributed by atoms with Gasteiger partial charge in [0.25, 0.3) is 5.91 Å². The smallest absolute Gasteiger partial charge is 0.266 e. The zero-order chi connectivity index (χ0) is 21.7. The molecule has 3 aromatic rings. The number of benzene rings is 2. The number of methoxy groups -OCH3 is 2. The highest BCUT2D eigenvalue weighted by molar-refractivity contribution is 7.17. The van der Waals surface area contributed by atoms with Crippen LogP contribution in [-0.4, -0.2) is 49.5 Å². The lowest BCUT2D eigenvalue weighted by Crippen LogP contribution is -2.34. The lowest BCUT2D eigenvalue weighted by atomic mass is 10.2. The minimum atomic E-state index is -0.295. The second-order valence-electron chi connectivity index (χ2n) is 6.60. The molecule has 1 N–H and O–H groups in total. The van der Waals surface area contributed by atoms with E-state index in [1.807, 2.05) is 24.3 Å². The largest absolute Gasteiger partial charge is 0.497 e. The van der Waals surface area contributed by atoms with Crippen LogP contribution in [0.4, 0.5) is 5.69 Å². The summed E-state index contributed by atoms with van der Waals surface area (Å²) < 4.78 is 10.3. The lowest BCUT2D eigenvalue weighted by molar-refractivity contribution is -0.116. The first-order chi connectivity index (χ1) is 14.4. The number of nitrogens with one attached hydrogen (secondary N) is 1. The molecule has 0 unspecified atom stereocenters. The van der Waals surface area contributed by atoms with Gasteiger partial charge in [-0.25, -0.2) is 4.98 Å². The fourth-order valence-corrected chi connectivity index (χ4v) is 3.88. The number of carbonyl (C=O) groups excluding carboxylic acids is 2. The highest BCUT2D eigenvalue weighted by atomic mass is 32.1. The van der Waals surface area contributed by atoms with Crippen LogP contribution in [-0.2, 0) is 4.79 Å². The third-order valence-corrected chi connectivity index (χ3v) is 5.60. The fourth-order valence-electron chi connectivity index (χ4n) is 2.81. The van der Waals surface area contributed by atoms with Crippen LogP contribution in [0.15, 0.2) is 48.5 Å². The van der Waals surface area contributed by atoms with E-state index in [-0.39, 0.29) is 18.4 Å². The van der Waals surface area contributed by atoms with Gasteiger partial charge in [0.2, 0.25) is 5.91 Å². The summed E-state index contributed by atoms with van der Waals surface area (Å²) in [7, 11) is 4.77. The molecular weight excluding hydrogens is 402 g/mol. The Bertz CT molecular complexity index is 1050. The molecule has 8 heteroatoms. The van der Waals surface area contributed by atoms with Crippen molar-refractivity contribution in [3.8, 4) is 22.1 Å². The summed E-state index contributed by atoms with van der Waals surface area (Å²) in [6, 6.07) is 14.5. The number of amides is 2. The monoisotopic (exact) mass is 425 g/mol. The Balaban J connectivity index is 1.67. The maximum atomic E-state index is 12.9. The third-order valence-electron chi connectivity index (χ3n) is 4.41. The van der Waals surface area contributed by atoms with Crippen molar-refractivity contribution in [2.75, 3.05) is 33.1 Å². The summed E-state index contributed by atoms with van der Waals surface area (Å²) in [6.45, 7) is 1.71. The van der Waals surface area contributed by atoms with Crippen molar-refractivity contribution in [2.24, 2.45) is 0 Å². The first kappa shape index (κ1) is 21.3. The summed E-state index contributed by atoms with van der Waals surface area (Å²) in [5, 5.41) is 3.52. The second kappa shape index (κ2) is 9.41. The van der Waals surface area contributed by atoms with Crippen LogP contribution >= 0.6 is 11.3 Å². The molecule has 1 heterocycles. The minimum Gasteiger partial charge on any atom is -0.497 e. The Labute approximate surface area is 179 Å². The van der Waals surface area contributed by atoms with Gasteiger partial charge in [-0.2, -0.15) is 0 Å². The molecule has 30 heavy (non-hydrogen) atoms. The van der Waals surface area contributed by atoms with Crippen LogP contribution in [0.3, 0.4) is 0 Å². The van der Waals surface area contributed by atoms with Gasteiger partial charge in [0.1, 0.15) is 21.4 Å². The van der Waals surface area contributed by atoms with Crippen molar-refractivity contribution in [3.63, 3.8) is 0 Å². The topological polar surface area (TPSA) is 80.8 Å². The van der Waals surface area contributed by atoms with Gasteiger partial charge in [0.05, 0.1) is 26.5 Å². The number of nitrogens with zero attached hydrogens (tertiary/aromatic N) is 2. The number of aromatic nitrogens is 1. The summed E-state index contributed by atoms with van der Waals surface area (Å²) in [5.74, 6) is 0.857. The van der Waals surface area contributed by atoms with Gasteiger partial charge in [-0.05, 0) is 43.3 Å². The number of carbonyl (C=O) groups is 2. The maximum absolute atomic E-state index is 12.9. The predicted molar refractivity (Wildman–Crippen MR) is 117 cm³/mol. The quantitative estimate of drug-likeness (QED) is 0.622. The zero-order valence-electron chi connectivity index (χ0n) is 17.3. The molecular formula is C22H23N3O4S. The number of thiazole rings is 1. The zero-order valence-corrected chi connectivity index (χ0v) is 18.1. The minimum absolute atomic E-state index is 0.0781. The Morgan fingerprint density at radius 1 is 1.07 bits per heavy atom. The van der Waals surface area contributed by atoms with E-state index in [1.165, 1.54) is 16.2 Å². The summed E-state index contributed by atoms with van der Waals surface area (Å²) in [4.78, 5) is 31.7. The summed E-state index contributed by atoms with van der Waals surface area (Å²) in [6.07, 6.45) is 0. The summed E-state index contributed by atoms with van der Waals surface area (Å²) in [5.41, 5.74) is 2.15. The molecule has 0 bridgehead atoms. The molecule has 7 nitrogen and oxygen atoms in total.